The van der Waals surface area contributed by atoms with Crippen molar-refractivity contribution in [2.24, 2.45) is 0 Å². The van der Waals surface area contributed by atoms with Gasteiger partial charge in [-0.05, 0) is 30.9 Å². The van der Waals surface area contributed by atoms with Crippen LogP contribution in [0.25, 0.3) is 0 Å². The van der Waals surface area contributed by atoms with Crippen LogP contribution in [0.5, 0.6) is 0 Å². The van der Waals surface area contributed by atoms with Crippen LogP contribution in [0.4, 0.5) is 4.79 Å². The fraction of sp³-hybridized carbons (Fsp3) is 0.579. The van der Waals surface area contributed by atoms with Gasteiger partial charge in [0.15, 0.2) is 0 Å². The molecular weight excluding hydrogens is 302 g/mol. The Labute approximate surface area is 145 Å². The van der Waals surface area contributed by atoms with E-state index in [0.29, 0.717) is 19.5 Å². The van der Waals surface area contributed by atoms with E-state index in [9.17, 15) is 9.59 Å². The lowest BCUT2D eigenvalue weighted by atomic mass is 10.1. The van der Waals surface area contributed by atoms with E-state index >= 15 is 0 Å². The third-order valence-electron chi connectivity index (χ3n) is 4.59. The van der Waals surface area contributed by atoms with E-state index in [1.807, 2.05) is 36.1 Å². The smallest absolute Gasteiger partial charge is 0.317 e. The highest BCUT2D eigenvalue weighted by Crippen LogP contribution is 2.11. The van der Waals surface area contributed by atoms with Gasteiger partial charge < -0.3 is 15.1 Å². The molecule has 1 heterocycles. The van der Waals surface area contributed by atoms with Crippen molar-refractivity contribution in [3.05, 3.63) is 35.4 Å². The molecule has 24 heavy (non-hydrogen) atoms. The van der Waals surface area contributed by atoms with Gasteiger partial charge in [-0.1, -0.05) is 37.1 Å². The lowest BCUT2D eigenvalue weighted by Gasteiger charge is -2.22. The number of hydrogen-bond acceptors (Lipinski definition) is 2. The number of benzene rings is 1. The lowest BCUT2D eigenvalue weighted by molar-refractivity contribution is -0.131. The normalized spacial score (nSPS) is 14.8. The zero-order valence-corrected chi connectivity index (χ0v) is 14.9. The van der Waals surface area contributed by atoms with Gasteiger partial charge in [0.2, 0.25) is 5.91 Å². The van der Waals surface area contributed by atoms with Crippen molar-refractivity contribution >= 4 is 11.9 Å². The third kappa shape index (κ3) is 5.55. The second kappa shape index (κ2) is 9.30. The summed E-state index contributed by atoms with van der Waals surface area (Å²) in [4.78, 5) is 28.0. The van der Waals surface area contributed by atoms with Crippen LogP contribution in [0, 0.1) is 6.92 Å². The van der Waals surface area contributed by atoms with Gasteiger partial charge in [0, 0.05) is 39.6 Å². The molecule has 0 bridgehead atoms. The second-order valence-corrected chi connectivity index (χ2v) is 6.56. The molecular formula is C19H29N3O2. The quantitative estimate of drug-likeness (QED) is 0.902. The Balaban J connectivity index is 1.72. The van der Waals surface area contributed by atoms with Crippen molar-refractivity contribution in [2.45, 2.75) is 45.6 Å². The standard InChI is InChI=1S/C19H29N3O2/c1-16-9-5-6-10-17(16)15-21(2)19(24)20-12-11-18(23)22-13-7-3-4-8-14-22/h5-6,9-10H,3-4,7-8,11-15H2,1-2H3,(H,20,24). The fourth-order valence-electron chi connectivity index (χ4n) is 3.00. The minimum atomic E-state index is -0.137. The zero-order valence-electron chi connectivity index (χ0n) is 14.9. The van der Waals surface area contributed by atoms with Crippen LogP contribution in [0.2, 0.25) is 0 Å². The van der Waals surface area contributed by atoms with E-state index in [0.717, 1.165) is 31.5 Å². The maximum Gasteiger partial charge on any atom is 0.317 e. The molecule has 0 aromatic heterocycles. The first kappa shape index (κ1) is 18.3. The van der Waals surface area contributed by atoms with Gasteiger partial charge in [0.05, 0.1) is 0 Å². The van der Waals surface area contributed by atoms with E-state index in [2.05, 4.69) is 5.32 Å². The Hall–Kier alpha value is -2.04. The zero-order chi connectivity index (χ0) is 17.4. The number of urea groups is 1. The van der Waals surface area contributed by atoms with Gasteiger partial charge in [-0.15, -0.1) is 0 Å². The Morgan fingerprint density at radius 1 is 1.12 bits per heavy atom. The molecule has 0 spiro atoms. The predicted octanol–water partition coefficient (Wildman–Crippen LogP) is 2.93. The van der Waals surface area contributed by atoms with Crippen LogP contribution in [0.3, 0.4) is 0 Å². The number of amides is 3. The monoisotopic (exact) mass is 331 g/mol. The first-order valence-corrected chi connectivity index (χ1v) is 8.89. The third-order valence-corrected chi connectivity index (χ3v) is 4.59. The van der Waals surface area contributed by atoms with Gasteiger partial charge in [-0.3, -0.25) is 4.79 Å². The minimum Gasteiger partial charge on any atom is -0.343 e. The van der Waals surface area contributed by atoms with Crippen LogP contribution in [-0.2, 0) is 11.3 Å². The highest BCUT2D eigenvalue weighted by atomic mass is 16.2. The van der Waals surface area contributed by atoms with E-state index < -0.39 is 0 Å². The molecule has 1 aromatic carbocycles. The van der Waals surface area contributed by atoms with Crippen LogP contribution < -0.4 is 5.32 Å². The van der Waals surface area contributed by atoms with Gasteiger partial charge in [-0.25, -0.2) is 4.79 Å². The summed E-state index contributed by atoms with van der Waals surface area (Å²) in [5, 5.41) is 2.85. The molecule has 1 fully saturated rings. The number of aryl methyl sites for hydroxylation is 1. The van der Waals surface area contributed by atoms with Crippen molar-refractivity contribution in [1.29, 1.82) is 0 Å². The van der Waals surface area contributed by atoms with Crippen molar-refractivity contribution in [3.63, 3.8) is 0 Å². The Bertz CT molecular complexity index is 551. The van der Waals surface area contributed by atoms with Crippen LogP contribution in [-0.4, -0.2) is 48.4 Å². The summed E-state index contributed by atoms with van der Waals surface area (Å²) in [6, 6.07) is 7.91. The number of nitrogens with zero attached hydrogens (tertiary/aromatic N) is 2. The lowest BCUT2D eigenvalue weighted by Crippen LogP contribution is -2.40. The number of hydrogen-bond donors (Lipinski definition) is 1. The molecule has 1 N–H and O–H groups in total. The van der Waals surface area contributed by atoms with Gasteiger partial charge in [0.1, 0.15) is 0 Å². The maximum atomic E-state index is 12.2. The van der Waals surface area contributed by atoms with E-state index in [4.69, 9.17) is 0 Å². The highest BCUT2D eigenvalue weighted by molar-refractivity contribution is 5.78. The molecule has 0 unspecified atom stereocenters. The van der Waals surface area contributed by atoms with Crippen molar-refractivity contribution in [3.8, 4) is 0 Å². The van der Waals surface area contributed by atoms with E-state index in [-0.39, 0.29) is 11.9 Å². The summed E-state index contributed by atoms with van der Waals surface area (Å²) in [6.07, 6.45) is 4.99. The Morgan fingerprint density at radius 3 is 2.46 bits per heavy atom. The predicted molar refractivity (Wildman–Crippen MR) is 95.7 cm³/mol. The Kier molecular flexibility index (Phi) is 7.09. The summed E-state index contributed by atoms with van der Waals surface area (Å²) in [6.45, 7) is 4.73. The van der Waals surface area contributed by atoms with E-state index in [1.165, 1.54) is 18.4 Å². The molecule has 2 rings (SSSR count). The maximum absolute atomic E-state index is 12.2. The van der Waals surface area contributed by atoms with Gasteiger partial charge in [0.25, 0.3) is 0 Å². The first-order chi connectivity index (χ1) is 11.6. The SMILES string of the molecule is Cc1ccccc1CN(C)C(=O)NCCC(=O)N1CCCCCC1. The molecule has 1 aromatic rings. The molecule has 5 nitrogen and oxygen atoms in total. The van der Waals surface area contributed by atoms with Crippen LogP contribution in [0.1, 0.15) is 43.2 Å². The summed E-state index contributed by atoms with van der Waals surface area (Å²) in [7, 11) is 1.78. The fourth-order valence-corrected chi connectivity index (χ4v) is 3.00. The average Bonchev–Trinajstić information content (AvgIpc) is 2.86. The number of carbonyl (C=O) groups excluding carboxylic acids is 2. The van der Waals surface area contributed by atoms with Crippen molar-refractivity contribution in [1.82, 2.24) is 15.1 Å². The topological polar surface area (TPSA) is 52.7 Å². The van der Waals surface area contributed by atoms with Crippen molar-refractivity contribution in [2.75, 3.05) is 26.7 Å². The molecule has 0 radical (unpaired) electrons. The number of likely N-dealkylation sites (tertiary alicyclic amines) is 1. The minimum absolute atomic E-state index is 0.137. The van der Waals surface area contributed by atoms with Crippen LogP contribution >= 0.6 is 0 Å². The van der Waals surface area contributed by atoms with Gasteiger partial charge in [-0.2, -0.15) is 0 Å². The molecule has 132 valence electrons. The number of carbonyl (C=O) groups is 2. The summed E-state index contributed by atoms with van der Waals surface area (Å²) in [5.74, 6) is 0.152. The molecule has 0 atom stereocenters. The second-order valence-electron chi connectivity index (χ2n) is 6.56. The summed E-state index contributed by atoms with van der Waals surface area (Å²) >= 11 is 0. The molecule has 3 amide bonds. The summed E-state index contributed by atoms with van der Waals surface area (Å²) < 4.78 is 0. The molecule has 0 aliphatic carbocycles. The average molecular weight is 331 g/mol. The molecule has 1 aliphatic rings. The molecule has 5 heteroatoms. The van der Waals surface area contributed by atoms with E-state index in [1.54, 1.807) is 11.9 Å². The number of nitrogens with one attached hydrogen (secondary N) is 1. The largest absolute Gasteiger partial charge is 0.343 e. The number of rotatable bonds is 5. The van der Waals surface area contributed by atoms with Gasteiger partial charge >= 0.3 is 6.03 Å². The molecule has 1 saturated heterocycles. The molecule has 1 aliphatic heterocycles. The summed E-state index contributed by atoms with van der Waals surface area (Å²) in [5.41, 5.74) is 2.31. The highest BCUT2D eigenvalue weighted by Gasteiger charge is 2.16. The first-order valence-electron chi connectivity index (χ1n) is 8.89. The van der Waals surface area contributed by atoms with Crippen LogP contribution in [0.15, 0.2) is 24.3 Å². The Morgan fingerprint density at radius 2 is 1.79 bits per heavy atom. The van der Waals surface area contributed by atoms with Crippen molar-refractivity contribution < 1.29 is 9.59 Å². The molecule has 0 saturated carbocycles.